The maximum Gasteiger partial charge on any atom is 0.237 e. The number of halogens is 1. The Hall–Kier alpha value is -2.24. The third-order valence-electron chi connectivity index (χ3n) is 4.48. The highest BCUT2D eigenvalue weighted by Gasteiger charge is 2.31. The van der Waals surface area contributed by atoms with Crippen LogP contribution in [0.4, 0.5) is 4.39 Å². The van der Waals surface area contributed by atoms with Gasteiger partial charge in [-0.05, 0) is 42.2 Å². The van der Waals surface area contributed by atoms with E-state index in [2.05, 4.69) is 5.32 Å². The number of nitrogens with zero attached hydrogens (tertiary/aromatic N) is 1. The summed E-state index contributed by atoms with van der Waals surface area (Å²) in [5.41, 5.74) is 2.94. The number of carbonyl (C=O) groups excluding carboxylic acids is 1. The van der Waals surface area contributed by atoms with E-state index in [0.29, 0.717) is 19.5 Å². The molecule has 0 aliphatic carbocycles. The second kappa shape index (κ2) is 7.76. The van der Waals surface area contributed by atoms with Crippen LogP contribution in [0.2, 0.25) is 0 Å². The minimum Gasteiger partial charge on any atom is -0.392 e. The fourth-order valence-corrected chi connectivity index (χ4v) is 3.35. The number of aliphatic hydroxyl groups is 1. The monoisotopic (exact) mass is 342 g/mol. The second-order valence-corrected chi connectivity index (χ2v) is 6.47. The van der Waals surface area contributed by atoms with Crippen LogP contribution in [0.25, 0.3) is 0 Å². The van der Waals surface area contributed by atoms with Gasteiger partial charge in [0.25, 0.3) is 0 Å². The molecule has 1 aliphatic rings. The van der Waals surface area contributed by atoms with Crippen molar-refractivity contribution >= 4 is 5.91 Å². The van der Waals surface area contributed by atoms with Gasteiger partial charge in [0, 0.05) is 13.1 Å². The molecule has 0 bridgehead atoms. The highest BCUT2D eigenvalue weighted by molar-refractivity contribution is 5.79. The molecule has 0 fully saturated rings. The summed E-state index contributed by atoms with van der Waals surface area (Å²) in [5, 5.41) is 12.3. The minimum absolute atomic E-state index is 0.0236. The quantitative estimate of drug-likeness (QED) is 0.876. The van der Waals surface area contributed by atoms with Crippen molar-refractivity contribution in [2.24, 2.45) is 0 Å². The van der Waals surface area contributed by atoms with Crippen molar-refractivity contribution < 1.29 is 14.3 Å². The largest absolute Gasteiger partial charge is 0.392 e. The first kappa shape index (κ1) is 17.6. The van der Waals surface area contributed by atoms with E-state index in [-0.39, 0.29) is 24.3 Å². The average molecular weight is 342 g/mol. The molecule has 2 N–H and O–H groups in total. The topological polar surface area (TPSA) is 52.6 Å². The van der Waals surface area contributed by atoms with Crippen LogP contribution in [0.5, 0.6) is 0 Å². The molecule has 2 aromatic rings. The Morgan fingerprint density at radius 1 is 1.32 bits per heavy atom. The number of fused-ring (bicyclic) bond motifs is 1. The van der Waals surface area contributed by atoms with Crippen LogP contribution in [0.3, 0.4) is 0 Å². The van der Waals surface area contributed by atoms with Gasteiger partial charge in [0.05, 0.1) is 18.7 Å². The highest BCUT2D eigenvalue weighted by Crippen LogP contribution is 2.35. The van der Waals surface area contributed by atoms with Crippen LogP contribution < -0.4 is 5.32 Å². The van der Waals surface area contributed by atoms with Gasteiger partial charge < -0.3 is 15.3 Å². The number of amides is 1. The molecule has 1 aliphatic heterocycles. The zero-order chi connectivity index (χ0) is 17.8. The lowest BCUT2D eigenvalue weighted by Gasteiger charge is -2.38. The minimum atomic E-state index is -0.497. The van der Waals surface area contributed by atoms with Gasteiger partial charge in [-0.25, -0.2) is 4.39 Å². The Labute approximate surface area is 147 Å². The van der Waals surface area contributed by atoms with Gasteiger partial charge in [0.1, 0.15) is 5.82 Å². The van der Waals surface area contributed by atoms with Crippen LogP contribution in [0, 0.1) is 5.82 Å². The number of carbonyl (C=O) groups is 1. The van der Waals surface area contributed by atoms with Crippen molar-refractivity contribution in [1.29, 1.82) is 0 Å². The van der Waals surface area contributed by atoms with E-state index in [4.69, 9.17) is 0 Å². The van der Waals surface area contributed by atoms with Crippen LogP contribution in [-0.4, -0.2) is 41.7 Å². The van der Waals surface area contributed by atoms with Gasteiger partial charge >= 0.3 is 0 Å². The molecule has 0 spiro atoms. The lowest BCUT2D eigenvalue weighted by atomic mass is 9.88. The SMILES string of the molecule is C[C@@H](O)CNCC(=O)N1CCc2cc(F)ccc2[C@H]1c1ccccc1. The molecule has 2 aromatic carbocycles. The van der Waals surface area contributed by atoms with E-state index in [0.717, 1.165) is 16.7 Å². The number of rotatable bonds is 5. The Balaban J connectivity index is 1.89. The van der Waals surface area contributed by atoms with E-state index in [9.17, 15) is 14.3 Å². The smallest absolute Gasteiger partial charge is 0.237 e. The van der Waals surface area contributed by atoms with Crippen molar-refractivity contribution in [2.45, 2.75) is 25.5 Å². The van der Waals surface area contributed by atoms with Crippen molar-refractivity contribution in [3.05, 3.63) is 71.0 Å². The second-order valence-electron chi connectivity index (χ2n) is 6.47. The predicted octanol–water partition coefficient (Wildman–Crippen LogP) is 2.27. The molecule has 0 saturated carbocycles. The number of nitrogens with one attached hydrogen (secondary N) is 1. The number of hydrogen-bond acceptors (Lipinski definition) is 3. The first-order chi connectivity index (χ1) is 12.1. The summed E-state index contributed by atoms with van der Waals surface area (Å²) >= 11 is 0. The van der Waals surface area contributed by atoms with Crippen molar-refractivity contribution in [3.63, 3.8) is 0 Å². The van der Waals surface area contributed by atoms with Crippen LogP contribution in [0.15, 0.2) is 48.5 Å². The molecule has 4 nitrogen and oxygen atoms in total. The van der Waals surface area contributed by atoms with Crippen molar-refractivity contribution in [3.8, 4) is 0 Å². The molecule has 1 heterocycles. The van der Waals surface area contributed by atoms with E-state index in [1.165, 1.54) is 6.07 Å². The molecule has 0 aromatic heterocycles. The molecule has 0 saturated heterocycles. The van der Waals surface area contributed by atoms with Gasteiger partial charge in [-0.3, -0.25) is 4.79 Å². The normalized spacial score (nSPS) is 17.9. The summed E-state index contributed by atoms with van der Waals surface area (Å²) in [5.74, 6) is -0.270. The molecule has 25 heavy (non-hydrogen) atoms. The molecule has 2 atom stereocenters. The Morgan fingerprint density at radius 3 is 2.80 bits per heavy atom. The number of aliphatic hydroxyl groups excluding tert-OH is 1. The summed E-state index contributed by atoms with van der Waals surface area (Å²) in [4.78, 5) is 14.6. The van der Waals surface area contributed by atoms with Gasteiger partial charge in [-0.2, -0.15) is 0 Å². The van der Waals surface area contributed by atoms with Crippen LogP contribution in [0.1, 0.15) is 29.7 Å². The molecular weight excluding hydrogens is 319 g/mol. The lowest BCUT2D eigenvalue weighted by Crippen LogP contribution is -2.45. The van der Waals surface area contributed by atoms with Crippen LogP contribution in [-0.2, 0) is 11.2 Å². The van der Waals surface area contributed by atoms with Crippen LogP contribution >= 0.6 is 0 Å². The van der Waals surface area contributed by atoms with Gasteiger partial charge in [0.15, 0.2) is 0 Å². The summed E-state index contributed by atoms with van der Waals surface area (Å²) in [7, 11) is 0. The van der Waals surface area contributed by atoms with Gasteiger partial charge in [-0.1, -0.05) is 36.4 Å². The maximum absolute atomic E-state index is 13.6. The summed E-state index contributed by atoms with van der Waals surface area (Å²) in [6.45, 7) is 2.77. The fraction of sp³-hybridized carbons (Fsp3) is 0.350. The first-order valence-electron chi connectivity index (χ1n) is 8.58. The zero-order valence-electron chi connectivity index (χ0n) is 14.3. The Bertz CT molecular complexity index is 734. The van der Waals surface area contributed by atoms with E-state index < -0.39 is 6.10 Å². The molecular formula is C20H23FN2O2. The number of hydrogen-bond donors (Lipinski definition) is 2. The average Bonchev–Trinajstić information content (AvgIpc) is 2.60. The van der Waals surface area contributed by atoms with E-state index >= 15 is 0 Å². The highest BCUT2D eigenvalue weighted by atomic mass is 19.1. The van der Waals surface area contributed by atoms with Crippen molar-refractivity contribution in [1.82, 2.24) is 10.2 Å². The standard InChI is InChI=1S/C20H23FN2O2/c1-14(24)12-22-13-19(25)23-10-9-16-11-17(21)7-8-18(16)20(23)15-5-3-2-4-6-15/h2-8,11,14,20,22,24H,9-10,12-13H2,1H3/t14-,20-/m1/s1. The zero-order valence-corrected chi connectivity index (χ0v) is 14.3. The lowest BCUT2D eigenvalue weighted by molar-refractivity contribution is -0.132. The van der Waals surface area contributed by atoms with E-state index in [1.54, 1.807) is 19.1 Å². The molecule has 0 radical (unpaired) electrons. The Morgan fingerprint density at radius 2 is 2.08 bits per heavy atom. The molecule has 5 heteroatoms. The van der Waals surface area contributed by atoms with Crippen molar-refractivity contribution in [2.75, 3.05) is 19.6 Å². The fourth-order valence-electron chi connectivity index (χ4n) is 3.35. The van der Waals surface area contributed by atoms with E-state index in [1.807, 2.05) is 35.2 Å². The summed E-state index contributed by atoms with van der Waals surface area (Å²) in [6, 6.07) is 14.4. The summed E-state index contributed by atoms with van der Waals surface area (Å²) < 4.78 is 13.6. The molecule has 132 valence electrons. The first-order valence-corrected chi connectivity index (χ1v) is 8.58. The third-order valence-corrected chi connectivity index (χ3v) is 4.48. The molecule has 3 rings (SSSR count). The molecule has 1 amide bonds. The third kappa shape index (κ3) is 4.06. The summed E-state index contributed by atoms with van der Waals surface area (Å²) in [6.07, 6.45) is 0.140. The number of benzene rings is 2. The predicted molar refractivity (Wildman–Crippen MR) is 94.7 cm³/mol. The van der Waals surface area contributed by atoms with Gasteiger partial charge in [-0.15, -0.1) is 0 Å². The van der Waals surface area contributed by atoms with Gasteiger partial charge in [0.2, 0.25) is 5.91 Å². The molecule has 0 unspecified atom stereocenters. The maximum atomic E-state index is 13.6. The Kier molecular flexibility index (Phi) is 5.46.